The molecular weight excluding hydrogens is 524 g/mol. The third-order valence-corrected chi connectivity index (χ3v) is 7.27. The van der Waals surface area contributed by atoms with E-state index in [4.69, 9.17) is 14.2 Å². The lowest BCUT2D eigenvalue weighted by atomic mass is 9.80. The predicted molar refractivity (Wildman–Crippen MR) is 138 cm³/mol. The first-order chi connectivity index (χ1) is 19.0. The SMILES string of the molecule is COc1cc(OC2OC(CO)C(O)C(O)C2O)c2c(c1)C(=O)c1cc(C)c(Cc3cccc(O)c3)c(O)c1C2=O. The molecule has 0 radical (unpaired) electrons. The van der Waals surface area contributed by atoms with Crippen LogP contribution >= 0.6 is 0 Å². The number of ketones is 2. The summed E-state index contributed by atoms with van der Waals surface area (Å²) in [6.45, 7) is 1.01. The summed E-state index contributed by atoms with van der Waals surface area (Å²) in [5.74, 6) is -1.76. The van der Waals surface area contributed by atoms with Crippen LogP contribution in [0.3, 0.4) is 0 Å². The maximum atomic E-state index is 13.9. The van der Waals surface area contributed by atoms with E-state index in [1.807, 2.05) is 0 Å². The number of hydrogen-bond donors (Lipinski definition) is 6. The molecule has 3 aromatic rings. The molecule has 1 aliphatic carbocycles. The first-order valence-corrected chi connectivity index (χ1v) is 12.5. The Labute approximate surface area is 228 Å². The number of aromatic hydroxyl groups is 2. The third-order valence-electron chi connectivity index (χ3n) is 7.27. The van der Waals surface area contributed by atoms with Crippen molar-refractivity contribution >= 4 is 11.6 Å². The van der Waals surface area contributed by atoms with Gasteiger partial charge in [-0.3, -0.25) is 9.59 Å². The molecule has 5 atom stereocenters. The highest BCUT2D eigenvalue weighted by molar-refractivity contribution is 6.30. The highest BCUT2D eigenvalue weighted by Crippen LogP contribution is 2.42. The summed E-state index contributed by atoms with van der Waals surface area (Å²) in [6, 6.07) is 10.6. The average Bonchev–Trinajstić information content (AvgIpc) is 2.93. The van der Waals surface area contributed by atoms with Gasteiger partial charge in [0, 0.05) is 29.2 Å². The number of benzene rings is 3. The van der Waals surface area contributed by atoms with E-state index < -0.39 is 54.6 Å². The van der Waals surface area contributed by atoms with E-state index in [2.05, 4.69) is 0 Å². The first-order valence-electron chi connectivity index (χ1n) is 12.5. The molecule has 3 aromatic carbocycles. The standard InChI is InChI=1S/C29H28O11/c1-12-6-17-22(24(33)16(12)8-13-4-3-5-14(31)7-13)26(35)21-18(23(17)32)9-15(38-2)10-19(21)39-29-28(37)27(36)25(34)20(11-30)40-29/h3-7,9-10,20,25,27-31,33-34,36-37H,8,11H2,1-2H3. The summed E-state index contributed by atoms with van der Waals surface area (Å²) in [5.41, 5.74) is 1.07. The number of phenolic OH excluding ortho intramolecular Hbond substituents is 2. The van der Waals surface area contributed by atoms with Crippen LogP contribution in [-0.2, 0) is 11.2 Å². The van der Waals surface area contributed by atoms with Crippen LogP contribution in [0.25, 0.3) is 0 Å². The summed E-state index contributed by atoms with van der Waals surface area (Å²) >= 11 is 0. The van der Waals surface area contributed by atoms with Gasteiger partial charge >= 0.3 is 0 Å². The maximum absolute atomic E-state index is 13.9. The number of carbonyl (C=O) groups excluding carboxylic acids is 2. The van der Waals surface area contributed by atoms with Crippen molar-refractivity contribution in [2.45, 2.75) is 44.1 Å². The van der Waals surface area contributed by atoms with Crippen LogP contribution in [0.2, 0.25) is 0 Å². The molecule has 1 fully saturated rings. The Balaban J connectivity index is 1.60. The van der Waals surface area contributed by atoms with Crippen LogP contribution in [-0.4, -0.2) is 86.6 Å². The van der Waals surface area contributed by atoms with Crippen molar-refractivity contribution in [2.24, 2.45) is 0 Å². The molecule has 210 valence electrons. The smallest absolute Gasteiger partial charge is 0.229 e. The Morgan fingerprint density at radius 2 is 1.62 bits per heavy atom. The lowest BCUT2D eigenvalue weighted by Gasteiger charge is -2.39. The summed E-state index contributed by atoms with van der Waals surface area (Å²) in [4.78, 5) is 27.6. The molecule has 11 nitrogen and oxygen atoms in total. The number of phenols is 2. The van der Waals surface area contributed by atoms with Crippen molar-refractivity contribution < 1.29 is 54.4 Å². The summed E-state index contributed by atoms with van der Waals surface area (Å²) in [6.07, 6.45) is -7.86. The molecule has 0 aromatic heterocycles. The van der Waals surface area contributed by atoms with E-state index in [1.54, 1.807) is 19.1 Å². The van der Waals surface area contributed by atoms with Crippen molar-refractivity contribution in [1.29, 1.82) is 0 Å². The van der Waals surface area contributed by atoms with E-state index in [1.165, 1.54) is 37.4 Å². The highest BCUT2D eigenvalue weighted by Gasteiger charge is 2.46. The minimum atomic E-state index is -1.77. The third kappa shape index (κ3) is 4.57. The van der Waals surface area contributed by atoms with E-state index >= 15 is 0 Å². The zero-order valence-corrected chi connectivity index (χ0v) is 21.6. The van der Waals surface area contributed by atoms with Gasteiger partial charge in [-0.05, 0) is 42.3 Å². The lowest BCUT2D eigenvalue weighted by Crippen LogP contribution is -2.60. The maximum Gasteiger partial charge on any atom is 0.229 e. The number of rotatable bonds is 6. The van der Waals surface area contributed by atoms with Gasteiger partial charge in [0.2, 0.25) is 12.1 Å². The van der Waals surface area contributed by atoms with Crippen molar-refractivity contribution in [2.75, 3.05) is 13.7 Å². The molecule has 1 aliphatic heterocycles. The van der Waals surface area contributed by atoms with Crippen LogP contribution in [0.4, 0.5) is 0 Å². The molecule has 11 heteroatoms. The molecule has 40 heavy (non-hydrogen) atoms. The van der Waals surface area contributed by atoms with E-state index in [0.717, 1.165) is 0 Å². The van der Waals surface area contributed by atoms with Gasteiger partial charge in [0.1, 0.15) is 47.4 Å². The molecule has 6 N–H and O–H groups in total. The summed E-state index contributed by atoms with van der Waals surface area (Å²) in [5, 5.41) is 61.4. The molecule has 0 amide bonds. The molecule has 1 saturated heterocycles. The quantitative estimate of drug-likeness (QED) is 0.200. The number of aliphatic hydroxyl groups excluding tert-OH is 4. The Kier molecular flexibility index (Phi) is 7.25. The second kappa shape index (κ2) is 10.5. The van der Waals surface area contributed by atoms with Gasteiger partial charge in [-0.25, -0.2) is 0 Å². The molecule has 5 unspecified atom stereocenters. The Morgan fingerprint density at radius 1 is 0.900 bits per heavy atom. The van der Waals surface area contributed by atoms with Gasteiger partial charge in [0.25, 0.3) is 0 Å². The fourth-order valence-electron chi connectivity index (χ4n) is 5.12. The molecule has 0 spiro atoms. The molecule has 1 heterocycles. The van der Waals surface area contributed by atoms with Crippen LogP contribution in [0, 0.1) is 6.92 Å². The lowest BCUT2D eigenvalue weighted by molar-refractivity contribution is -0.277. The molecular formula is C29H28O11. The fraction of sp³-hybridized carbons (Fsp3) is 0.310. The van der Waals surface area contributed by atoms with Gasteiger partial charge in [0.15, 0.2) is 5.78 Å². The van der Waals surface area contributed by atoms with Gasteiger partial charge in [0.05, 0.1) is 24.8 Å². The normalized spacial score (nSPS) is 23.9. The summed E-state index contributed by atoms with van der Waals surface area (Å²) < 4.78 is 16.5. The molecule has 0 saturated carbocycles. The number of fused-ring (bicyclic) bond motifs is 2. The second-order valence-electron chi connectivity index (χ2n) is 9.81. The molecule has 0 bridgehead atoms. The van der Waals surface area contributed by atoms with Crippen molar-refractivity contribution in [3.63, 3.8) is 0 Å². The van der Waals surface area contributed by atoms with E-state index in [0.29, 0.717) is 16.7 Å². The second-order valence-corrected chi connectivity index (χ2v) is 9.81. The van der Waals surface area contributed by atoms with Crippen LogP contribution < -0.4 is 9.47 Å². The van der Waals surface area contributed by atoms with Crippen molar-refractivity contribution in [1.82, 2.24) is 0 Å². The van der Waals surface area contributed by atoms with Gasteiger partial charge < -0.3 is 44.8 Å². The van der Waals surface area contributed by atoms with Crippen molar-refractivity contribution in [3.8, 4) is 23.0 Å². The van der Waals surface area contributed by atoms with Gasteiger partial charge in [-0.1, -0.05) is 12.1 Å². The zero-order valence-electron chi connectivity index (χ0n) is 21.6. The number of methoxy groups -OCH3 is 1. The minimum absolute atomic E-state index is 0.0146. The minimum Gasteiger partial charge on any atom is -0.508 e. The monoisotopic (exact) mass is 552 g/mol. The zero-order chi connectivity index (χ0) is 28.9. The topological polar surface area (TPSA) is 183 Å². The number of aryl methyl sites for hydroxylation is 1. The number of hydrogen-bond acceptors (Lipinski definition) is 11. The largest absolute Gasteiger partial charge is 0.508 e. The number of ether oxygens (including phenoxy) is 3. The number of aliphatic hydroxyl groups is 4. The first kappa shape index (κ1) is 27.6. The van der Waals surface area contributed by atoms with Crippen LogP contribution in [0.1, 0.15) is 48.5 Å². The molecule has 5 rings (SSSR count). The van der Waals surface area contributed by atoms with Crippen molar-refractivity contribution in [3.05, 3.63) is 81.4 Å². The Hall–Kier alpha value is -4.00. The fourth-order valence-corrected chi connectivity index (χ4v) is 5.12. The van der Waals surface area contributed by atoms with Crippen LogP contribution in [0.15, 0.2) is 42.5 Å². The van der Waals surface area contributed by atoms with E-state index in [9.17, 15) is 40.2 Å². The molecule has 2 aliphatic rings. The highest BCUT2D eigenvalue weighted by atomic mass is 16.7. The average molecular weight is 553 g/mol. The van der Waals surface area contributed by atoms with Gasteiger partial charge in [-0.15, -0.1) is 0 Å². The van der Waals surface area contributed by atoms with E-state index in [-0.39, 0.29) is 45.9 Å². The number of carbonyl (C=O) groups is 2. The summed E-state index contributed by atoms with van der Waals surface area (Å²) in [7, 11) is 1.34. The predicted octanol–water partition coefficient (Wildman–Crippen LogP) is 0.960. The Morgan fingerprint density at radius 3 is 2.30 bits per heavy atom. The Bertz CT molecular complexity index is 1500. The van der Waals surface area contributed by atoms with Crippen LogP contribution in [0.5, 0.6) is 23.0 Å². The van der Waals surface area contributed by atoms with Gasteiger partial charge in [-0.2, -0.15) is 0 Å².